The van der Waals surface area contributed by atoms with Gasteiger partial charge in [0.05, 0.1) is 13.1 Å². The Balaban J connectivity index is 2.40. The normalized spacial score (nSPS) is 20.1. The summed E-state index contributed by atoms with van der Waals surface area (Å²) in [6, 6.07) is 0. The van der Waals surface area contributed by atoms with Crippen molar-refractivity contribution in [2.24, 2.45) is 0 Å². The fraction of sp³-hybridized carbons (Fsp3) is 0.857. The Kier molecular flexibility index (Phi) is 3.16. The smallest absolute Gasteiger partial charge is 0.283 e. The van der Waals surface area contributed by atoms with E-state index in [9.17, 15) is 13.6 Å². The highest BCUT2D eigenvalue weighted by atomic mass is 19.3. The summed E-state index contributed by atoms with van der Waals surface area (Å²) in [5.41, 5.74) is 0. The molecule has 1 saturated heterocycles. The Morgan fingerprint density at radius 2 is 2.31 bits per heavy atom. The van der Waals surface area contributed by atoms with Gasteiger partial charge in [-0.25, -0.2) is 8.78 Å². The molecule has 0 aromatic carbocycles. The van der Waals surface area contributed by atoms with Crippen LogP contribution in [0.15, 0.2) is 0 Å². The number of carbonyl (C=O) groups is 1. The van der Waals surface area contributed by atoms with Gasteiger partial charge >= 0.3 is 0 Å². The highest BCUT2D eigenvalue weighted by molar-refractivity contribution is 5.78. The summed E-state index contributed by atoms with van der Waals surface area (Å²) >= 11 is 0. The van der Waals surface area contributed by atoms with Gasteiger partial charge in [0.1, 0.15) is 6.61 Å². The number of amides is 1. The van der Waals surface area contributed by atoms with Crippen molar-refractivity contribution in [1.82, 2.24) is 10.2 Å². The van der Waals surface area contributed by atoms with Crippen LogP contribution >= 0.6 is 0 Å². The van der Waals surface area contributed by atoms with Crippen LogP contribution in [0.2, 0.25) is 0 Å². The predicted molar refractivity (Wildman–Crippen MR) is 41.5 cm³/mol. The number of piperazine rings is 1. The number of nitrogens with one attached hydrogen (secondary N) is 1. The third kappa shape index (κ3) is 3.23. The highest BCUT2D eigenvalue weighted by Crippen LogP contribution is 2.14. The zero-order valence-corrected chi connectivity index (χ0v) is 7.09. The van der Waals surface area contributed by atoms with E-state index < -0.39 is 19.1 Å². The largest absolute Gasteiger partial charge is 0.390 e. The van der Waals surface area contributed by atoms with E-state index in [2.05, 4.69) is 5.32 Å². The lowest BCUT2D eigenvalue weighted by atomic mass is 10.3. The van der Waals surface area contributed by atoms with Crippen molar-refractivity contribution in [2.75, 3.05) is 32.8 Å². The van der Waals surface area contributed by atoms with Crippen LogP contribution in [0.5, 0.6) is 0 Å². The van der Waals surface area contributed by atoms with E-state index in [1.165, 1.54) is 4.90 Å². The zero-order valence-electron chi connectivity index (χ0n) is 7.09. The SMILES string of the molecule is O=C1CN(CC(F)(F)CO)CCN1. The molecule has 76 valence electrons. The average molecular weight is 194 g/mol. The van der Waals surface area contributed by atoms with Crippen LogP contribution in [0.4, 0.5) is 8.78 Å². The number of aliphatic hydroxyl groups is 1. The van der Waals surface area contributed by atoms with E-state index in [0.29, 0.717) is 13.1 Å². The molecule has 6 heteroatoms. The zero-order chi connectivity index (χ0) is 9.90. The van der Waals surface area contributed by atoms with Gasteiger partial charge < -0.3 is 10.4 Å². The van der Waals surface area contributed by atoms with Crippen LogP contribution in [0.25, 0.3) is 0 Å². The van der Waals surface area contributed by atoms with Crippen molar-refractivity contribution in [3.8, 4) is 0 Å². The quantitative estimate of drug-likeness (QED) is 0.608. The monoisotopic (exact) mass is 194 g/mol. The first kappa shape index (κ1) is 10.3. The fourth-order valence-corrected chi connectivity index (χ4v) is 1.20. The van der Waals surface area contributed by atoms with Crippen LogP contribution in [0.3, 0.4) is 0 Å². The summed E-state index contributed by atoms with van der Waals surface area (Å²) in [5.74, 6) is -3.36. The molecule has 0 atom stereocenters. The standard InChI is InChI=1S/C7H12F2N2O2/c8-7(9,5-12)4-11-2-1-10-6(13)3-11/h12H,1-5H2,(H,10,13). The molecule has 13 heavy (non-hydrogen) atoms. The van der Waals surface area contributed by atoms with E-state index in [0.717, 1.165) is 0 Å². The molecule has 0 unspecified atom stereocenters. The minimum absolute atomic E-state index is 0.0183. The third-order valence-corrected chi connectivity index (χ3v) is 1.80. The first-order chi connectivity index (χ1) is 6.03. The molecule has 0 aromatic heterocycles. The second-order valence-electron chi connectivity index (χ2n) is 3.07. The Labute approximate surface area is 74.5 Å². The molecule has 0 aliphatic carbocycles. The summed E-state index contributed by atoms with van der Waals surface area (Å²) in [6.45, 7) is -0.959. The second-order valence-corrected chi connectivity index (χ2v) is 3.07. The summed E-state index contributed by atoms with van der Waals surface area (Å²) in [5, 5.41) is 10.8. The summed E-state index contributed by atoms with van der Waals surface area (Å²) < 4.78 is 25.3. The van der Waals surface area contributed by atoms with Gasteiger partial charge in [0.2, 0.25) is 5.91 Å². The van der Waals surface area contributed by atoms with E-state index >= 15 is 0 Å². The van der Waals surface area contributed by atoms with Gasteiger partial charge in [0.25, 0.3) is 5.92 Å². The Bertz CT molecular complexity index is 199. The number of aliphatic hydroxyl groups excluding tert-OH is 1. The number of alkyl halides is 2. The van der Waals surface area contributed by atoms with Gasteiger partial charge in [0, 0.05) is 13.1 Å². The Hall–Kier alpha value is -0.750. The predicted octanol–water partition coefficient (Wildman–Crippen LogP) is -0.954. The highest BCUT2D eigenvalue weighted by Gasteiger charge is 2.32. The van der Waals surface area contributed by atoms with Crippen LogP contribution in [-0.2, 0) is 4.79 Å². The molecule has 0 bridgehead atoms. The van der Waals surface area contributed by atoms with Gasteiger partial charge in [-0.05, 0) is 0 Å². The molecule has 1 amide bonds. The molecule has 1 aliphatic heterocycles. The lowest BCUT2D eigenvalue weighted by Gasteiger charge is -2.29. The molecule has 1 heterocycles. The molecule has 4 nitrogen and oxygen atoms in total. The first-order valence-electron chi connectivity index (χ1n) is 4.01. The Morgan fingerprint density at radius 1 is 1.62 bits per heavy atom. The van der Waals surface area contributed by atoms with Crippen molar-refractivity contribution in [2.45, 2.75) is 5.92 Å². The molecule has 0 spiro atoms. The molecular formula is C7H12F2N2O2. The topological polar surface area (TPSA) is 52.6 Å². The summed E-state index contributed by atoms with van der Waals surface area (Å²) in [7, 11) is 0. The molecule has 1 rings (SSSR count). The van der Waals surface area contributed by atoms with Crippen molar-refractivity contribution in [3.63, 3.8) is 0 Å². The van der Waals surface area contributed by atoms with E-state index in [1.54, 1.807) is 0 Å². The van der Waals surface area contributed by atoms with Crippen molar-refractivity contribution >= 4 is 5.91 Å². The molecule has 0 aromatic rings. The molecular weight excluding hydrogens is 182 g/mol. The van der Waals surface area contributed by atoms with Crippen LogP contribution in [0.1, 0.15) is 0 Å². The second kappa shape index (κ2) is 3.97. The van der Waals surface area contributed by atoms with Crippen molar-refractivity contribution < 1.29 is 18.7 Å². The van der Waals surface area contributed by atoms with E-state index in [4.69, 9.17) is 5.11 Å². The fourth-order valence-electron chi connectivity index (χ4n) is 1.20. The average Bonchev–Trinajstić information content (AvgIpc) is 2.03. The van der Waals surface area contributed by atoms with Crippen LogP contribution in [-0.4, -0.2) is 54.6 Å². The third-order valence-electron chi connectivity index (χ3n) is 1.80. The van der Waals surface area contributed by atoms with E-state index in [1.807, 2.05) is 0 Å². The maximum Gasteiger partial charge on any atom is 0.283 e. The minimum Gasteiger partial charge on any atom is -0.390 e. The minimum atomic E-state index is -3.11. The number of nitrogens with zero attached hydrogens (tertiary/aromatic N) is 1. The number of hydrogen-bond donors (Lipinski definition) is 2. The molecule has 2 N–H and O–H groups in total. The molecule has 0 radical (unpaired) electrons. The number of halogens is 2. The number of rotatable bonds is 3. The molecule has 1 fully saturated rings. The van der Waals surface area contributed by atoms with Crippen LogP contribution in [0, 0.1) is 0 Å². The van der Waals surface area contributed by atoms with Gasteiger partial charge in [-0.15, -0.1) is 0 Å². The lowest BCUT2D eigenvalue weighted by molar-refractivity contribution is -0.127. The summed E-state index contributed by atoms with van der Waals surface area (Å²) in [4.78, 5) is 12.1. The van der Waals surface area contributed by atoms with Gasteiger partial charge in [-0.3, -0.25) is 9.69 Å². The summed E-state index contributed by atoms with van der Waals surface area (Å²) in [6.07, 6.45) is 0. The first-order valence-corrected chi connectivity index (χ1v) is 4.01. The lowest BCUT2D eigenvalue weighted by Crippen LogP contribution is -2.51. The molecule has 0 saturated carbocycles. The maximum atomic E-state index is 12.6. The number of carbonyl (C=O) groups excluding carboxylic acids is 1. The van der Waals surface area contributed by atoms with Crippen molar-refractivity contribution in [3.05, 3.63) is 0 Å². The van der Waals surface area contributed by atoms with E-state index in [-0.39, 0.29) is 12.5 Å². The van der Waals surface area contributed by atoms with Gasteiger partial charge in [-0.2, -0.15) is 0 Å². The van der Waals surface area contributed by atoms with Gasteiger partial charge in [-0.1, -0.05) is 0 Å². The van der Waals surface area contributed by atoms with Crippen molar-refractivity contribution in [1.29, 1.82) is 0 Å². The maximum absolute atomic E-state index is 12.6. The number of hydrogen-bond acceptors (Lipinski definition) is 3. The van der Waals surface area contributed by atoms with Gasteiger partial charge in [0.15, 0.2) is 0 Å². The van der Waals surface area contributed by atoms with Crippen LogP contribution < -0.4 is 5.32 Å². The molecule has 1 aliphatic rings. The Morgan fingerprint density at radius 3 is 2.85 bits per heavy atom.